The van der Waals surface area contributed by atoms with E-state index < -0.39 is 4.92 Å². The maximum absolute atomic E-state index is 11.2. The van der Waals surface area contributed by atoms with Crippen LogP contribution in [0, 0.1) is 10.1 Å². The molecule has 168 valence electrons. The molecule has 0 saturated carbocycles. The topological polar surface area (TPSA) is 88.1 Å². The van der Waals surface area contributed by atoms with Gasteiger partial charge in [-0.05, 0) is 42.7 Å². The Balaban J connectivity index is 1.83. The number of benzene rings is 2. The Morgan fingerprint density at radius 3 is 2.13 bits per heavy atom. The molecule has 2 aromatic carbocycles. The number of hydrogen-bond donors (Lipinski definition) is 1. The van der Waals surface area contributed by atoms with Crippen LogP contribution in [0.1, 0.15) is 76.7 Å². The molecule has 0 amide bonds. The normalized spacial score (nSPS) is 11.3. The maximum Gasteiger partial charge on any atom is 0.298 e. The van der Waals surface area contributed by atoms with Crippen molar-refractivity contribution in [2.75, 3.05) is 0 Å². The fourth-order valence-corrected chi connectivity index (χ4v) is 3.62. The first-order valence-corrected chi connectivity index (χ1v) is 11.6. The lowest BCUT2D eigenvalue weighted by Gasteiger charge is -2.05. The molecule has 7 heteroatoms. The predicted octanol–water partition coefficient (Wildman–Crippen LogP) is 8.83. The van der Waals surface area contributed by atoms with Gasteiger partial charge in [0.1, 0.15) is 11.4 Å². The molecule has 1 N–H and O–H groups in total. The second kappa shape index (κ2) is 13.8. The van der Waals surface area contributed by atoms with Crippen molar-refractivity contribution in [3.05, 3.63) is 57.1 Å². The second-order valence-electron chi connectivity index (χ2n) is 7.85. The molecular formula is C24H32ClN3O3. The van der Waals surface area contributed by atoms with Gasteiger partial charge >= 0.3 is 0 Å². The highest BCUT2D eigenvalue weighted by Gasteiger charge is 2.14. The molecule has 0 heterocycles. The minimum atomic E-state index is -0.554. The number of phenols is 1. The zero-order valence-electron chi connectivity index (χ0n) is 18.2. The number of halogens is 1. The van der Waals surface area contributed by atoms with Crippen LogP contribution in [0.2, 0.25) is 5.02 Å². The summed E-state index contributed by atoms with van der Waals surface area (Å²) in [7, 11) is 0. The first-order chi connectivity index (χ1) is 15.0. The van der Waals surface area contributed by atoms with Crippen molar-refractivity contribution in [1.29, 1.82) is 0 Å². The third-order valence-electron chi connectivity index (χ3n) is 5.26. The van der Waals surface area contributed by atoms with Crippen LogP contribution in [-0.4, -0.2) is 10.0 Å². The zero-order chi connectivity index (χ0) is 22.5. The molecule has 0 fully saturated rings. The lowest BCUT2D eigenvalue weighted by molar-refractivity contribution is -0.384. The Morgan fingerprint density at radius 2 is 1.48 bits per heavy atom. The van der Waals surface area contributed by atoms with Gasteiger partial charge in [0.2, 0.25) is 0 Å². The number of unbranched alkanes of at least 4 members (excludes halogenated alkanes) is 9. The largest absolute Gasteiger partial charge is 0.506 e. The quantitative estimate of drug-likeness (QED) is 0.136. The van der Waals surface area contributed by atoms with E-state index >= 15 is 0 Å². The summed E-state index contributed by atoms with van der Waals surface area (Å²) in [5.74, 6) is -0.00723. The lowest BCUT2D eigenvalue weighted by atomic mass is 10.0. The summed E-state index contributed by atoms with van der Waals surface area (Å²) in [6.07, 6.45) is 13.7. The Bertz CT molecular complexity index is 871. The van der Waals surface area contributed by atoms with E-state index in [2.05, 4.69) is 17.2 Å². The van der Waals surface area contributed by atoms with E-state index in [1.165, 1.54) is 76.0 Å². The van der Waals surface area contributed by atoms with Gasteiger partial charge in [-0.25, -0.2) is 0 Å². The van der Waals surface area contributed by atoms with Gasteiger partial charge in [0, 0.05) is 11.1 Å². The molecule has 2 aromatic rings. The van der Waals surface area contributed by atoms with Crippen LogP contribution in [0.25, 0.3) is 0 Å². The summed E-state index contributed by atoms with van der Waals surface area (Å²) in [6.45, 7) is 2.24. The fourth-order valence-electron chi connectivity index (χ4n) is 3.46. The molecule has 0 radical (unpaired) electrons. The Morgan fingerprint density at radius 1 is 0.871 bits per heavy atom. The maximum atomic E-state index is 11.2. The van der Waals surface area contributed by atoms with Crippen molar-refractivity contribution >= 4 is 28.7 Å². The molecule has 0 saturated heterocycles. The van der Waals surface area contributed by atoms with Gasteiger partial charge in [0.15, 0.2) is 5.69 Å². The summed E-state index contributed by atoms with van der Waals surface area (Å²) >= 11 is 5.82. The van der Waals surface area contributed by atoms with Crippen LogP contribution in [0.4, 0.5) is 17.1 Å². The monoisotopic (exact) mass is 445 g/mol. The van der Waals surface area contributed by atoms with Crippen molar-refractivity contribution in [3.63, 3.8) is 0 Å². The second-order valence-corrected chi connectivity index (χ2v) is 8.28. The Kier molecular flexibility index (Phi) is 11.0. The summed E-state index contributed by atoms with van der Waals surface area (Å²) < 4.78 is 0. The average molecular weight is 446 g/mol. The molecule has 0 unspecified atom stereocenters. The molecule has 0 atom stereocenters. The Labute approximate surface area is 189 Å². The van der Waals surface area contributed by atoms with Gasteiger partial charge in [0.25, 0.3) is 5.69 Å². The number of nitrogens with zero attached hydrogens (tertiary/aromatic N) is 3. The molecule has 0 aliphatic rings. The van der Waals surface area contributed by atoms with Crippen molar-refractivity contribution < 1.29 is 10.0 Å². The first kappa shape index (κ1) is 24.8. The number of azo groups is 1. The van der Waals surface area contributed by atoms with E-state index in [9.17, 15) is 15.2 Å². The van der Waals surface area contributed by atoms with E-state index in [0.29, 0.717) is 5.69 Å². The fraction of sp³-hybridized carbons (Fsp3) is 0.500. The summed E-state index contributed by atoms with van der Waals surface area (Å²) in [6, 6.07) is 9.45. The molecular weight excluding hydrogens is 414 g/mol. The molecule has 0 aromatic heterocycles. The zero-order valence-corrected chi connectivity index (χ0v) is 19.0. The number of phenolic OH excluding ortho intramolecular Hbond substituents is 1. The molecule has 0 bridgehead atoms. The average Bonchev–Trinajstić information content (AvgIpc) is 2.75. The SMILES string of the molecule is CCCCCCCCCCCCc1ccc(O)c(/N=N/c2ccc(Cl)cc2[N+](=O)[O-])c1. The number of hydrogen-bond acceptors (Lipinski definition) is 5. The molecule has 31 heavy (non-hydrogen) atoms. The van der Waals surface area contributed by atoms with Gasteiger partial charge in [0.05, 0.1) is 4.92 Å². The summed E-state index contributed by atoms with van der Waals surface area (Å²) in [5, 5.41) is 29.5. The molecule has 6 nitrogen and oxygen atoms in total. The molecule has 0 aliphatic heterocycles. The Hall–Kier alpha value is -2.47. The van der Waals surface area contributed by atoms with Gasteiger partial charge < -0.3 is 5.11 Å². The third kappa shape index (κ3) is 9.05. The summed E-state index contributed by atoms with van der Waals surface area (Å²) in [5.41, 5.74) is 1.23. The van der Waals surface area contributed by atoms with E-state index in [4.69, 9.17) is 11.6 Å². The van der Waals surface area contributed by atoms with E-state index in [0.717, 1.165) is 18.4 Å². The van der Waals surface area contributed by atoms with Crippen molar-refractivity contribution in [2.45, 2.75) is 77.6 Å². The first-order valence-electron chi connectivity index (χ1n) is 11.2. The standard InChI is InChI=1S/C24H32ClN3O3/c1-2-3-4-5-6-7-8-9-10-11-12-19-13-16-24(29)22(17-19)27-26-21-15-14-20(25)18-23(21)28(30)31/h13-18,29H,2-12H2,1H3/b27-26+. The molecule has 0 spiro atoms. The van der Waals surface area contributed by atoms with Gasteiger partial charge in [-0.3, -0.25) is 10.1 Å². The van der Waals surface area contributed by atoms with Gasteiger partial charge in [-0.15, -0.1) is 10.2 Å². The van der Waals surface area contributed by atoms with Crippen LogP contribution in [0.15, 0.2) is 46.6 Å². The number of rotatable bonds is 14. The smallest absolute Gasteiger partial charge is 0.298 e. The summed E-state index contributed by atoms with van der Waals surface area (Å²) in [4.78, 5) is 10.6. The number of nitro benzene ring substituents is 1. The number of aromatic hydroxyl groups is 1. The van der Waals surface area contributed by atoms with Crippen molar-refractivity contribution in [3.8, 4) is 5.75 Å². The van der Waals surface area contributed by atoms with E-state index in [1.807, 2.05) is 6.07 Å². The van der Waals surface area contributed by atoms with Crippen molar-refractivity contribution in [1.82, 2.24) is 0 Å². The van der Waals surface area contributed by atoms with E-state index in [1.54, 1.807) is 12.1 Å². The van der Waals surface area contributed by atoms with Crippen LogP contribution in [0.5, 0.6) is 5.75 Å². The van der Waals surface area contributed by atoms with Gasteiger partial charge in [-0.2, -0.15) is 0 Å². The number of aryl methyl sites for hydroxylation is 1. The van der Waals surface area contributed by atoms with Crippen LogP contribution in [0.3, 0.4) is 0 Å². The molecule has 2 rings (SSSR count). The van der Waals surface area contributed by atoms with E-state index in [-0.39, 0.29) is 22.1 Å². The minimum Gasteiger partial charge on any atom is -0.506 e. The lowest BCUT2D eigenvalue weighted by Crippen LogP contribution is -1.88. The minimum absolute atomic E-state index is 0.00723. The van der Waals surface area contributed by atoms with Crippen LogP contribution in [-0.2, 0) is 6.42 Å². The highest BCUT2D eigenvalue weighted by Crippen LogP contribution is 2.34. The number of nitro groups is 1. The highest BCUT2D eigenvalue weighted by molar-refractivity contribution is 6.30. The predicted molar refractivity (Wildman–Crippen MR) is 126 cm³/mol. The van der Waals surface area contributed by atoms with Crippen molar-refractivity contribution in [2.24, 2.45) is 10.2 Å². The van der Waals surface area contributed by atoms with Gasteiger partial charge in [-0.1, -0.05) is 82.4 Å². The third-order valence-corrected chi connectivity index (χ3v) is 5.49. The van der Waals surface area contributed by atoms with Crippen LogP contribution >= 0.6 is 11.6 Å². The molecule has 0 aliphatic carbocycles. The van der Waals surface area contributed by atoms with Crippen LogP contribution < -0.4 is 0 Å². The highest BCUT2D eigenvalue weighted by atomic mass is 35.5.